The summed E-state index contributed by atoms with van der Waals surface area (Å²) in [6.07, 6.45) is 8.96. The molecule has 1 saturated carbocycles. The van der Waals surface area contributed by atoms with Gasteiger partial charge in [0.15, 0.2) is 0 Å². The third kappa shape index (κ3) is 3.82. The van der Waals surface area contributed by atoms with Gasteiger partial charge in [0.2, 0.25) is 0 Å². The predicted molar refractivity (Wildman–Crippen MR) is 93.5 cm³/mol. The number of hydrogen-bond acceptors (Lipinski definition) is 5. The van der Waals surface area contributed by atoms with E-state index in [1.807, 2.05) is 11.8 Å². The summed E-state index contributed by atoms with van der Waals surface area (Å²) in [5, 5.41) is 7.02. The smallest absolute Gasteiger partial charge is 0.135 e. The molecule has 1 aliphatic rings. The molecule has 0 radical (unpaired) electrons. The van der Waals surface area contributed by atoms with Crippen LogP contribution in [0.5, 0.6) is 0 Å². The number of rotatable bonds is 8. The van der Waals surface area contributed by atoms with Gasteiger partial charge in [0.05, 0.1) is 0 Å². The Morgan fingerprint density at radius 3 is 2.38 bits per heavy atom. The molecule has 0 spiro atoms. The van der Waals surface area contributed by atoms with Crippen LogP contribution in [0.3, 0.4) is 0 Å². The van der Waals surface area contributed by atoms with Crippen molar-refractivity contribution in [3.05, 3.63) is 11.9 Å². The molecule has 0 saturated heterocycles. The number of anilines is 2. The van der Waals surface area contributed by atoms with E-state index in [4.69, 9.17) is 0 Å². The Morgan fingerprint density at radius 1 is 1.24 bits per heavy atom. The standard InChI is InChI=1S/C16H28N4S/c1-5-9-17-14-13(12(2)3)15(20-11-19-14)18-10-16(21-4)7-6-8-16/h11-12H,5-10H2,1-4H3,(H2,17,18,19,20). The molecule has 1 aromatic rings. The molecule has 1 heterocycles. The lowest BCUT2D eigenvalue weighted by Gasteiger charge is -2.40. The highest BCUT2D eigenvalue weighted by atomic mass is 32.2. The minimum Gasteiger partial charge on any atom is -0.370 e. The van der Waals surface area contributed by atoms with Crippen molar-refractivity contribution in [2.24, 2.45) is 0 Å². The summed E-state index contributed by atoms with van der Waals surface area (Å²) in [4.78, 5) is 8.92. The fourth-order valence-corrected chi connectivity index (χ4v) is 3.65. The van der Waals surface area contributed by atoms with Gasteiger partial charge in [-0.3, -0.25) is 0 Å². The minimum absolute atomic E-state index is 0.402. The molecule has 2 rings (SSSR count). The molecule has 0 atom stereocenters. The van der Waals surface area contributed by atoms with E-state index in [-0.39, 0.29) is 0 Å². The van der Waals surface area contributed by atoms with Crippen LogP contribution in [0.1, 0.15) is 57.9 Å². The second-order valence-corrected chi connectivity index (χ2v) is 7.43. The maximum absolute atomic E-state index is 4.49. The first-order valence-electron chi connectivity index (χ1n) is 7.99. The molecule has 118 valence electrons. The van der Waals surface area contributed by atoms with E-state index in [2.05, 4.69) is 47.6 Å². The molecule has 2 N–H and O–H groups in total. The van der Waals surface area contributed by atoms with Crippen molar-refractivity contribution in [1.82, 2.24) is 9.97 Å². The molecule has 1 aliphatic carbocycles. The van der Waals surface area contributed by atoms with Crippen LogP contribution in [0.4, 0.5) is 11.6 Å². The lowest BCUT2D eigenvalue weighted by molar-refractivity contribution is 0.379. The highest BCUT2D eigenvalue weighted by Gasteiger charge is 2.36. The first-order chi connectivity index (χ1) is 10.1. The first kappa shape index (κ1) is 16.4. The van der Waals surface area contributed by atoms with E-state index < -0.39 is 0 Å². The molecular weight excluding hydrogens is 280 g/mol. The largest absolute Gasteiger partial charge is 0.370 e. The lowest BCUT2D eigenvalue weighted by Crippen LogP contribution is -2.40. The topological polar surface area (TPSA) is 49.8 Å². The Bertz CT molecular complexity index is 452. The highest BCUT2D eigenvalue weighted by Crippen LogP contribution is 2.43. The number of nitrogens with one attached hydrogen (secondary N) is 2. The molecule has 21 heavy (non-hydrogen) atoms. The molecule has 0 unspecified atom stereocenters. The zero-order valence-electron chi connectivity index (χ0n) is 13.7. The van der Waals surface area contributed by atoms with Crippen molar-refractivity contribution >= 4 is 23.4 Å². The lowest BCUT2D eigenvalue weighted by atomic mass is 9.84. The molecule has 1 aromatic heterocycles. The van der Waals surface area contributed by atoms with Crippen LogP contribution >= 0.6 is 11.8 Å². The summed E-state index contributed by atoms with van der Waals surface area (Å²) in [5.74, 6) is 2.38. The van der Waals surface area contributed by atoms with Crippen LogP contribution in [-0.4, -0.2) is 34.1 Å². The molecule has 4 nitrogen and oxygen atoms in total. The highest BCUT2D eigenvalue weighted by molar-refractivity contribution is 8.00. The molecule has 0 bridgehead atoms. The maximum atomic E-state index is 4.49. The van der Waals surface area contributed by atoms with Gasteiger partial charge in [0.1, 0.15) is 18.0 Å². The van der Waals surface area contributed by atoms with Gasteiger partial charge in [-0.1, -0.05) is 27.2 Å². The van der Waals surface area contributed by atoms with Gasteiger partial charge in [0, 0.05) is 23.4 Å². The summed E-state index contributed by atoms with van der Waals surface area (Å²) in [7, 11) is 0. The van der Waals surface area contributed by atoms with Gasteiger partial charge in [-0.05, 0) is 31.4 Å². The van der Waals surface area contributed by atoms with Crippen LogP contribution in [0.25, 0.3) is 0 Å². The van der Waals surface area contributed by atoms with E-state index in [1.54, 1.807) is 6.33 Å². The van der Waals surface area contributed by atoms with E-state index in [1.165, 1.54) is 24.8 Å². The molecular formula is C16H28N4S. The van der Waals surface area contributed by atoms with Crippen molar-refractivity contribution in [1.29, 1.82) is 0 Å². The second kappa shape index (κ2) is 7.34. The van der Waals surface area contributed by atoms with Gasteiger partial charge in [-0.2, -0.15) is 11.8 Å². The Hall–Kier alpha value is -0.970. The summed E-state index contributed by atoms with van der Waals surface area (Å²) in [6, 6.07) is 0. The van der Waals surface area contributed by atoms with E-state index in [9.17, 15) is 0 Å². The van der Waals surface area contributed by atoms with Crippen molar-refractivity contribution < 1.29 is 0 Å². The van der Waals surface area contributed by atoms with Crippen molar-refractivity contribution in [3.8, 4) is 0 Å². The normalized spacial score (nSPS) is 16.6. The summed E-state index contributed by atoms with van der Waals surface area (Å²) >= 11 is 1.99. The van der Waals surface area contributed by atoms with Gasteiger partial charge in [-0.25, -0.2) is 9.97 Å². The molecule has 1 fully saturated rings. The average Bonchev–Trinajstić information content (AvgIpc) is 2.44. The molecule has 5 heteroatoms. The van der Waals surface area contributed by atoms with Crippen LogP contribution < -0.4 is 10.6 Å². The van der Waals surface area contributed by atoms with Crippen molar-refractivity contribution in [2.45, 2.75) is 57.1 Å². The van der Waals surface area contributed by atoms with Crippen LogP contribution in [-0.2, 0) is 0 Å². The van der Waals surface area contributed by atoms with Gasteiger partial charge in [-0.15, -0.1) is 0 Å². The summed E-state index contributed by atoms with van der Waals surface area (Å²) in [5.41, 5.74) is 1.21. The minimum atomic E-state index is 0.402. The predicted octanol–water partition coefficient (Wildman–Crippen LogP) is 4.12. The maximum Gasteiger partial charge on any atom is 0.135 e. The average molecular weight is 308 g/mol. The van der Waals surface area contributed by atoms with Crippen molar-refractivity contribution in [2.75, 3.05) is 30.0 Å². The SMILES string of the molecule is CCCNc1ncnc(NCC2(SC)CCC2)c1C(C)C. The summed E-state index contributed by atoms with van der Waals surface area (Å²) in [6.45, 7) is 8.52. The zero-order valence-corrected chi connectivity index (χ0v) is 14.5. The molecule has 0 amide bonds. The molecule has 0 aliphatic heterocycles. The Labute approximate surface area is 132 Å². The fourth-order valence-electron chi connectivity index (χ4n) is 2.74. The van der Waals surface area contributed by atoms with E-state index in [0.29, 0.717) is 10.7 Å². The van der Waals surface area contributed by atoms with Gasteiger partial charge >= 0.3 is 0 Å². The Kier molecular flexibility index (Phi) is 5.73. The third-order valence-corrected chi connectivity index (χ3v) is 5.70. The van der Waals surface area contributed by atoms with Crippen LogP contribution in [0, 0.1) is 0 Å². The first-order valence-corrected chi connectivity index (χ1v) is 9.22. The molecule has 0 aromatic carbocycles. The summed E-state index contributed by atoms with van der Waals surface area (Å²) < 4.78 is 0.413. The number of thioether (sulfide) groups is 1. The van der Waals surface area contributed by atoms with Gasteiger partial charge in [0.25, 0.3) is 0 Å². The zero-order chi connectivity index (χ0) is 15.3. The Morgan fingerprint density at radius 2 is 1.90 bits per heavy atom. The van der Waals surface area contributed by atoms with Crippen molar-refractivity contribution in [3.63, 3.8) is 0 Å². The van der Waals surface area contributed by atoms with Gasteiger partial charge < -0.3 is 10.6 Å². The number of nitrogens with zero attached hydrogens (tertiary/aromatic N) is 2. The van der Waals surface area contributed by atoms with Crippen LogP contribution in [0.2, 0.25) is 0 Å². The number of hydrogen-bond donors (Lipinski definition) is 2. The van der Waals surface area contributed by atoms with E-state index >= 15 is 0 Å². The monoisotopic (exact) mass is 308 g/mol. The second-order valence-electron chi connectivity index (χ2n) is 6.16. The third-order valence-electron chi connectivity index (χ3n) is 4.28. The fraction of sp³-hybridized carbons (Fsp3) is 0.750. The van der Waals surface area contributed by atoms with E-state index in [0.717, 1.165) is 31.1 Å². The quantitative estimate of drug-likeness (QED) is 0.756. The van der Waals surface area contributed by atoms with Crippen LogP contribution in [0.15, 0.2) is 6.33 Å². The number of aromatic nitrogens is 2. The Balaban J connectivity index is 2.14.